The van der Waals surface area contributed by atoms with Gasteiger partial charge < -0.3 is 15.4 Å². The Bertz CT molecular complexity index is 619. The van der Waals surface area contributed by atoms with Gasteiger partial charge in [-0.2, -0.15) is 0 Å². The first kappa shape index (κ1) is 21.4. The highest BCUT2D eigenvalue weighted by Gasteiger charge is 2.22. The summed E-state index contributed by atoms with van der Waals surface area (Å²) in [6.07, 6.45) is 1.02. The van der Waals surface area contributed by atoms with Gasteiger partial charge in [-0.05, 0) is 38.3 Å². The molecule has 1 saturated heterocycles. The molecule has 1 atom stereocenters. The molecule has 2 rings (SSSR count). The standard InChI is InChI=1S/C21H33N3O3/c1-15(2)9-19(24-5-7-27-8-6-24)13-22-20(25)14-23-21(26)18-11-16(3)10-17(4)12-18/h10-12,15,19H,5-9,13-14H2,1-4H3,(H,22,25)(H,23,26). The Hall–Kier alpha value is -1.92. The summed E-state index contributed by atoms with van der Waals surface area (Å²) in [5, 5.41) is 5.69. The van der Waals surface area contributed by atoms with Crippen LogP contribution in [-0.2, 0) is 9.53 Å². The van der Waals surface area contributed by atoms with Crippen molar-refractivity contribution in [2.24, 2.45) is 5.92 Å². The fraction of sp³-hybridized carbons (Fsp3) is 0.619. The Morgan fingerprint density at radius 1 is 1.07 bits per heavy atom. The zero-order chi connectivity index (χ0) is 19.8. The van der Waals surface area contributed by atoms with Gasteiger partial charge in [0.2, 0.25) is 5.91 Å². The van der Waals surface area contributed by atoms with E-state index in [1.807, 2.05) is 32.0 Å². The molecule has 2 amide bonds. The molecule has 1 aliphatic heterocycles. The van der Waals surface area contributed by atoms with Crippen molar-refractivity contribution in [2.75, 3.05) is 39.4 Å². The summed E-state index contributed by atoms with van der Waals surface area (Å²) < 4.78 is 5.43. The number of aryl methyl sites for hydroxylation is 2. The van der Waals surface area contributed by atoms with E-state index in [0.717, 1.165) is 43.9 Å². The number of ether oxygens (including phenoxy) is 1. The van der Waals surface area contributed by atoms with E-state index in [-0.39, 0.29) is 18.4 Å². The highest BCUT2D eigenvalue weighted by Crippen LogP contribution is 2.13. The normalized spacial score (nSPS) is 16.2. The Labute approximate surface area is 162 Å². The Balaban J connectivity index is 1.81. The van der Waals surface area contributed by atoms with E-state index < -0.39 is 0 Å². The average Bonchev–Trinajstić information content (AvgIpc) is 2.62. The van der Waals surface area contributed by atoms with Crippen molar-refractivity contribution in [2.45, 2.75) is 40.2 Å². The van der Waals surface area contributed by atoms with Crippen LogP contribution in [0.4, 0.5) is 0 Å². The van der Waals surface area contributed by atoms with Crippen LogP contribution in [0.1, 0.15) is 41.8 Å². The molecule has 0 bridgehead atoms. The minimum atomic E-state index is -0.219. The van der Waals surface area contributed by atoms with Crippen LogP contribution in [0.5, 0.6) is 0 Å². The number of nitrogens with zero attached hydrogens (tertiary/aromatic N) is 1. The van der Waals surface area contributed by atoms with E-state index in [9.17, 15) is 9.59 Å². The minimum Gasteiger partial charge on any atom is -0.379 e. The highest BCUT2D eigenvalue weighted by molar-refractivity contribution is 5.96. The largest absolute Gasteiger partial charge is 0.379 e. The monoisotopic (exact) mass is 375 g/mol. The lowest BCUT2D eigenvalue weighted by Crippen LogP contribution is -2.50. The number of carbonyl (C=O) groups excluding carboxylic acids is 2. The lowest BCUT2D eigenvalue weighted by atomic mass is 10.0. The van der Waals surface area contributed by atoms with Gasteiger partial charge in [0.15, 0.2) is 0 Å². The van der Waals surface area contributed by atoms with Crippen LogP contribution < -0.4 is 10.6 Å². The van der Waals surface area contributed by atoms with Gasteiger partial charge in [0, 0.05) is 31.2 Å². The maximum absolute atomic E-state index is 12.3. The van der Waals surface area contributed by atoms with Crippen LogP contribution in [0.25, 0.3) is 0 Å². The Kier molecular flexibility index (Phi) is 8.25. The van der Waals surface area contributed by atoms with E-state index in [1.165, 1.54) is 0 Å². The number of benzene rings is 1. The molecule has 0 aromatic heterocycles. The molecule has 0 radical (unpaired) electrons. The molecular weight excluding hydrogens is 342 g/mol. The summed E-state index contributed by atoms with van der Waals surface area (Å²) in [6.45, 7) is 12.2. The van der Waals surface area contributed by atoms with Crippen LogP contribution >= 0.6 is 0 Å². The number of rotatable bonds is 8. The van der Waals surface area contributed by atoms with Gasteiger partial charge in [0.25, 0.3) is 5.91 Å². The number of carbonyl (C=O) groups is 2. The summed E-state index contributed by atoms with van der Waals surface area (Å²) >= 11 is 0. The van der Waals surface area contributed by atoms with Crippen LogP contribution in [0.3, 0.4) is 0 Å². The van der Waals surface area contributed by atoms with Crippen LogP contribution in [0.2, 0.25) is 0 Å². The predicted octanol–water partition coefficient (Wildman–Crippen LogP) is 1.90. The molecule has 2 N–H and O–H groups in total. The van der Waals surface area contributed by atoms with E-state index in [0.29, 0.717) is 24.1 Å². The zero-order valence-corrected chi connectivity index (χ0v) is 17.0. The molecule has 27 heavy (non-hydrogen) atoms. The van der Waals surface area contributed by atoms with Gasteiger partial charge in [0.1, 0.15) is 0 Å². The van der Waals surface area contributed by atoms with Gasteiger partial charge >= 0.3 is 0 Å². The maximum atomic E-state index is 12.3. The molecular formula is C21H33N3O3. The van der Waals surface area contributed by atoms with Crippen molar-refractivity contribution in [1.82, 2.24) is 15.5 Å². The van der Waals surface area contributed by atoms with Gasteiger partial charge in [-0.3, -0.25) is 14.5 Å². The molecule has 6 heteroatoms. The van der Waals surface area contributed by atoms with E-state index >= 15 is 0 Å². The third-order valence-electron chi connectivity index (χ3n) is 4.73. The molecule has 0 aliphatic carbocycles. The van der Waals surface area contributed by atoms with Crippen LogP contribution in [0.15, 0.2) is 18.2 Å². The Morgan fingerprint density at radius 2 is 1.70 bits per heavy atom. The molecule has 0 saturated carbocycles. The first-order valence-electron chi connectivity index (χ1n) is 9.80. The smallest absolute Gasteiger partial charge is 0.251 e. The second kappa shape index (κ2) is 10.4. The van der Waals surface area contributed by atoms with Crippen molar-refractivity contribution in [3.05, 3.63) is 34.9 Å². The van der Waals surface area contributed by atoms with E-state index in [1.54, 1.807) is 0 Å². The fourth-order valence-electron chi connectivity index (χ4n) is 3.51. The summed E-state index contributed by atoms with van der Waals surface area (Å²) in [7, 11) is 0. The molecule has 1 fully saturated rings. The second-order valence-corrected chi connectivity index (χ2v) is 7.79. The number of amides is 2. The summed E-state index contributed by atoms with van der Waals surface area (Å²) in [5.41, 5.74) is 2.66. The third kappa shape index (κ3) is 7.31. The zero-order valence-electron chi connectivity index (χ0n) is 17.0. The van der Waals surface area contributed by atoms with E-state index in [2.05, 4.69) is 29.4 Å². The molecule has 0 spiro atoms. The number of morpholine rings is 1. The number of hydrogen-bond acceptors (Lipinski definition) is 4. The molecule has 1 heterocycles. The topological polar surface area (TPSA) is 70.7 Å². The predicted molar refractivity (Wildman–Crippen MR) is 107 cm³/mol. The van der Waals surface area contributed by atoms with Crippen molar-refractivity contribution in [3.63, 3.8) is 0 Å². The first-order valence-corrected chi connectivity index (χ1v) is 9.80. The van der Waals surface area contributed by atoms with Crippen molar-refractivity contribution in [3.8, 4) is 0 Å². The first-order chi connectivity index (χ1) is 12.8. The van der Waals surface area contributed by atoms with Gasteiger partial charge in [-0.1, -0.05) is 31.0 Å². The summed E-state index contributed by atoms with van der Waals surface area (Å²) in [6, 6.07) is 5.98. The molecule has 1 aromatic carbocycles. The SMILES string of the molecule is Cc1cc(C)cc(C(=O)NCC(=O)NCC(CC(C)C)N2CCOCC2)c1. The molecule has 6 nitrogen and oxygen atoms in total. The lowest BCUT2D eigenvalue weighted by Gasteiger charge is -2.35. The van der Waals surface area contributed by atoms with Crippen molar-refractivity contribution in [1.29, 1.82) is 0 Å². The maximum Gasteiger partial charge on any atom is 0.251 e. The van der Waals surface area contributed by atoms with Gasteiger partial charge in [-0.25, -0.2) is 0 Å². The third-order valence-corrected chi connectivity index (χ3v) is 4.73. The summed E-state index contributed by atoms with van der Waals surface area (Å²) in [5.74, 6) is 0.178. The molecule has 150 valence electrons. The van der Waals surface area contributed by atoms with Crippen molar-refractivity contribution >= 4 is 11.8 Å². The Morgan fingerprint density at radius 3 is 2.30 bits per heavy atom. The van der Waals surface area contributed by atoms with Gasteiger partial charge in [0.05, 0.1) is 19.8 Å². The molecule has 1 aliphatic rings. The number of nitrogens with one attached hydrogen (secondary N) is 2. The van der Waals surface area contributed by atoms with Crippen LogP contribution in [-0.4, -0.2) is 62.1 Å². The fourth-order valence-corrected chi connectivity index (χ4v) is 3.51. The van der Waals surface area contributed by atoms with Crippen molar-refractivity contribution < 1.29 is 14.3 Å². The van der Waals surface area contributed by atoms with Gasteiger partial charge in [-0.15, -0.1) is 0 Å². The average molecular weight is 376 g/mol. The number of hydrogen-bond donors (Lipinski definition) is 2. The van der Waals surface area contributed by atoms with E-state index in [4.69, 9.17) is 4.74 Å². The highest BCUT2D eigenvalue weighted by atomic mass is 16.5. The molecule has 1 unspecified atom stereocenters. The lowest BCUT2D eigenvalue weighted by molar-refractivity contribution is -0.120. The van der Waals surface area contributed by atoms with Crippen LogP contribution in [0, 0.1) is 19.8 Å². The quantitative estimate of drug-likeness (QED) is 0.728. The second-order valence-electron chi connectivity index (χ2n) is 7.79. The minimum absolute atomic E-state index is 0.0106. The summed E-state index contributed by atoms with van der Waals surface area (Å²) in [4.78, 5) is 26.9. The molecule has 1 aromatic rings.